The number of alkyl halides is 6. The first-order chi connectivity index (χ1) is 24.5. The molecule has 0 spiro atoms. The van der Waals surface area contributed by atoms with E-state index in [0.29, 0.717) is 14.2 Å². The SMILES string of the molecule is CO[C@](C(=O)O[C@@H](CCC[C@@](C)(O)CC(=O)NCCS(=O)(=O)OC)C[C@@H](C)OC(=O)[C@@](OC)(c1ccccc1)C(F)(F)F)(c1ccccc1)C(F)(F)F. The summed E-state index contributed by atoms with van der Waals surface area (Å²) in [5.41, 5.74) is -10.2. The fraction of sp³-hybridized carbons (Fsp3) is 0.559. The topological polar surface area (TPSA) is 164 Å². The highest BCUT2D eigenvalue weighted by Gasteiger charge is 2.65. The molecule has 53 heavy (non-hydrogen) atoms. The van der Waals surface area contributed by atoms with Gasteiger partial charge in [-0.3, -0.25) is 8.98 Å². The van der Waals surface area contributed by atoms with Crippen LogP contribution in [0.2, 0.25) is 0 Å². The molecule has 0 saturated carbocycles. The van der Waals surface area contributed by atoms with Gasteiger partial charge >= 0.3 is 24.3 Å². The molecule has 0 aliphatic rings. The van der Waals surface area contributed by atoms with Crippen molar-refractivity contribution < 1.29 is 77.4 Å². The van der Waals surface area contributed by atoms with E-state index in [0.717, 1.165) is 38.3 Å². The van der Waals surface area contributed by atoms with E-state index in [9.17, 15) is 54.3 Å². The van der Waals surface area contributed by atoms with Gasteiger partial charge < -0.3 is 29.4 Å². The van der Waals surface area contributed by atoms with E-state index in [1.165, 1.54) is 43.3 Å². The van der Waals surface area contributed by atoms with Crippen LogP contribution in [0.4, 0.5) is 26.3 Å². The van der Waals surface area contributed by atoms with Gasteiger partial charge in [-0.1, -0.05) is 60.7 Å². The number of rotatable bonds is 20. The van der Waals surface area contributed by atoms with Gasteiger partial charge in [0, 0.05) is 38.3 Å². The van der Waals surface area contributed by atoms with Crippen LogP contribution in [-0.2, 0) is 58.8 Å². The molecule has 0 heterocycles. The van der Waals surface area contributed by atoms with Crippen molar-refractivity contribution in [1.29, 1.82) is 0 Å². The molecule has 0 aliphatic carbocycles. The summed E-state index contributed by atoms with van der Waals surface area (Å²) in [6.07, 6.45) is -15.6. The van der Waals surface area contributed by atoms with Gasteiger partial charge in [-0.05, 0) is 33.1 Å². The number of methoxy groups -OCH3 is 2. The normalized spacial score (nSPS) is 17.0. The van der Waals surface area contributed by atoms with Gasteiger partial charge in [-0.15, -0.1) is 0 Å². The number of benzene rings is 2. The van der Waals surface area contributed by atoms with Crippen LogP contribution >= 0.6 is 0 Å². The van der Waals surface area contributed by atoms with Crippen molar-refractivity contribution in [2.75, 3.05) is 33.6 Å². The summed E-state index contributed by atoms with van der Waals surface area (Å²) in [6.45, 7) is 2.06. The van der Waals surface area contributed by atoms with E-state index in [1.807, 2.05) is 0 Å². The van der Waals surface area contributed by atoms with E-state index in [2.05, 4.69) is 9.50 Å². The minimum Gasteiger partial charge on any atom is -0.460 e. The maximum absolute atomic E-state index is 14.6. The molecule has 0 unspecified atom stereocenters. The minimum atomic E-state index is -5.37. The largest absolute Gasteiger partial charge is 0.460 e. The third-order valence-electron chi connectivity index (χ3n) is 8.23. The fourth-order valence-electron chi connectivity index (χ4n) is 5.52. The van der Waals surface area contributed by atoms with Crippen molar-refractivity contribution in [3.8, 4) is 0 Å². The standard InChI is InChI=1S/C34H43F6NO11S/c1-23(51-28(43)31(48-3,33(35,36)37)24-13-8-6-9-14-24)21-26(17-12-18-30(2,45)22-27(42)41-19-20-53(46,47)50-5)52-29(44)32(49-4,34(38,39)40)25-15-10-7-11-16-25/h6-11,13-16,23,26,45H,12,17-22H2,1-5H3,(H,41,42)/t23-,26+,30-,31+,32+/m1/s1. The van der Waals surface area contributed by atoms with E-state index in [4.69, 9.17) is 18.9 Å². The molecule has 12 nitrogen and oxygen atoms in total. The van der Waals surface area contributed by atoms with Crippen molar-refractivity contribution >= 4 is 28.0 Å². The molecule has 2 aromatic carbocycles. The minimum absolute atomic E-state index is 0.136. The summed E-state index contributed by atoms with van der Waals surface area (Å²) < 4.78 is 134. The Morgan fingerprint density at radius 3 is 1.66 bits per heavy atom. The molecule has 0 aromatic heterocycles. The highest BCUT2D eigenvalue weighted by molar-refractivity contribution is 7.86. The first kappa shape index (κ1) is 45.4. The molecule has 2 N–H and O–H groups in total. The number of halogens is 6. The lowest BCUT2D eigenvalue weighted by Gasteiger charge is -2.35. The monoisotopic (exact) mass is 787 g/mol. The predicted octanol–water partition coefficient (Wildman–Crippen LogP) is 4.83. The molecule has 19 heteroatoms. The number of carbonyl (C=O) groups is 3. The number of hydrogen-bond donors (Lipinski definition) is 2. The molecule has 0 bridgehead atoms. The Morgan fingerprint density at radius 1 is 0.792 bits per heavy atom. The highest BCUT2D eigenvalue weighted by atomic mass is 32.2. The van der Waals surface area contributed by atoms with Crippen LogP contribution < -0.4 is 5.32 Å². The van der Waals surface area contributed by atoms with Crippen LogP contribution in [0.25, 0.3) is 0 Å². The Hall–Kier alpha value is -3.78. The number of nitrogens with one attached hydrogen (secondary N) is 1. The Labute approximate surface area is 303 Å². The number of ether oxygens (including phenoxy) is 4. The number of esters is 2. The Kier molecular flexibility index (Phi) is 15.8. The molecule has 0 fully saturated rings. The van der Waals surface area contributed by atoms with Gasteiger partial charge in [0.05, 0.1) is 24.9 Å². The lowest BCUT2D eigenvalue weighted by molar-refractivity contribution is -0.279. The molecule has 2 aromatic rings. The smallest absolute Gasteiger partial charge is 0.432 e. The van der Waals surface area contributed by atoms with Crippen LogP contribution in [-0.4, -0.2) is 95.2 Å². The zero-order valence-corrected chi connectivity index (χ0v) is 30.4. The van der Waals surface area contributed by atoms with Crippen molar-refractivity contribution in [2.45, 2.75) is 87.3 Å². The number of amides is 1. The van der Waals surface area contributed by atoms with Crippen molar-refractivity contribution in [1.82, 2.24) is 5.32 Å². The van der Waals surface area contributed by atoms with E-state index < -0.39 is 99.0 Å². The van der Waals surface area contributed by atoms with Gasteiger partial charge in [0.2, 0.25) is 5.91 Å². The predicted molar refractivity (Wildman–Crippen MR) is 175 cm³/mol. The molecule has 0 aliphatic heterocycles. The molecular weight excluding hydrogens is 744 g/mol. The Morgan fingerprint density at radius 2 is 1.25 bits per heavy atom. The molecule has 298 valence electrons. The second-order valence-electron chi connectivity index (χ2n) is 12.3. The molecule has 0 radical (unpaired) electrons. The summed E-state index contributed by atoms with van der Waals surface area (Å²) >= 11 is 0. The molecule has 5 atom stereocenters. The average molecular weight is 788 g/mol. The van der Waals surface area contributed by atoms with E-state index >= 15 is 0 Å². The van der Waals surface area contributed by atoms with Gasteiger partial charge in [-0.2, -0.15) is 34.8 Å². The highest BCUT2D eigenvalue weighted by Crippen LogP contribution is 2.45. The molecule has 2 rings (SSSR count). The van der Waals surface area contributed by atoms with Crippen molar-refractivity contribution in [3.05, 3.63) is 71.8 Å². The Bertz CT molecular complexity index is 1610. The first-order valence-corrected chi connectivity index (χ1v) is 17.6. The van der Waals surface area contributed by atoms with Crippen molar-refractivity contribution in [2.24, 2.45) is 0 Å². The molecular formula is C34H43F6NO11S. The van der Waals surface area contributed by atoms with Crippen LogP contribution in [0.15, 0.2) is 60.7 Å². The van der Waals surface area contributed by atoms with Crippen LogP contribution in [0.5, 0.6) is 0 Å². The van der Waals surface area contributed by atoms with Gasteiger partial charge in [-0.25, -0.2) is 9.59 Å². The summed E-state index contributed by atoms with van der Waals surface area (Å²) in [4.78, 5) is 39.0. The van der Waals surface area contributed by atoms with Crippen LogP contribution in [0, 0.1) is 0 Å². The first-order valence-electron chi connectivity index (χ1n) is 16.1. The van der Waals surface area contributed by atoms with E-state index in [1.54, 1.807) is 0 Å². The summed E-state index contributed by atoms with van der Waals surface area (Å²) in [7, 11) is -1.64. The fourth-order valence-corrected chi connectivity index (χ4v) is 6.04. The third-order valence-corrected chi connectivity index (χ3v) is 9.45. The maximum atomic E-state index is 14.6. The zero-order valence-electron chi connectivity index (χ0n) is 29.6. The van der Waals surface area contributed by atoms with Crippen molar-refractivity contribution in [3.63, 3.8) is 0 Å². The second-order valence-corrected chi connectivity index (χ2v) is 14.2. The lowest BCUT2D eigenvalue weighted by atomic mass is 9.91. The lowest BCUT2D eigenvalue weighted by Crippen LogP contribution is -2.53. The average Bonchev–Trinajstić information content (AvgIpc) is 3.05. The second kappa shape index (κ2) is 18.5. The third kappa shape index (κ3) is 11.6. The van der Waals surface area contributed by atoms with Gasteiger partial charge in [0.15, 0.2) is 0 Å². The quantitative estimate of drug-likeness (QED) is 0.107. The molecule has 0 saturated heterocycles. The van der Waals surface area contributed by atoms with Crippen LogP contribution in [0.3, 0.4) is 0 Å². The number of carbonyl (C=O) groups excluding carboxylic acids is 3. The maximum Gasteiger partial charge on any atom is 0.432 e. The van der Waals surface area contributed by atoms with E-state index in [-0.39, 0.29) is 25.8 Å². The summed E-state index contributed by atoms with van der Waals surface area (Å²) in [5, 5.41) is 13.1. The number of aliphatic hydroxyl groups is 1. The zero-order chi connectivity index (χ0) is 40.3. The summed E-state index contributed by atoms with van der Waals surface area (Å²) in [5.74, 6) is -5.11. The Balaban J connectivity index is 2.36. The van der Waals surface area contributed by atoms with Gasteiger partial charge in [0.1, 0.15) is 12.2 Å². The van der Waals surface area contributed by atoms with Crippen LogP contribution in [0.1, 0.15) is 57.1 Å². The van der Waals surface area contributed by atoms with Gasteiger partial charge in [0.25, 0.3) is 21.3 Å². The molecule has 1 amide bonds. The summed E-state index contributed by atoms with van der Waals surface area (Å²) in [6, 6.07) is 11.7. The number of hydrogen-bond acceptors (Lipinski definition) is 11.